The molecule has 1 aromatic rings. The molecular weight excluding hydrogens is 264 g/mol. The Morgan fingerprint density at radius 2 is 2.19 bits per heavy atom. The largest absolute Gasteiger partial charge is 0.484 e. The molecule has 0 bridgehead atoms. The van der Waals surface area contributed by atoms with E-state index >= 15 is 0 Å². The summed E-state index contributed by atoms with van der Waals surface area (Å²) in [6.45, 7) is 6.22. The predicted molar refractivity (Wildman–Crippen MR) is 84.2 cm³/mol. The van der Waals surface area contributed by atoms with Gasteiger partial charge in [-0.15, -0.1) is 0 Å². The number of fused-ring (bicyclic) bond motifs is 1. The average Bonchev–Trinajstić information content (AvgIpc) is 2.45. The van der Waals surface area contributed by atoms with E-state index in [-0.39, 0.29) is 24.6 Å². The third-order valence-electron chi connectivity index (χ3n) is 4.23. The van der Waals surface area contributed by atoms with Gasteiger partial charge in [0.25, 0.3) is 5.91 Å². The summed E-state index contributed by atoms with van der Waals surface area (Å²) >= 11 is 0. The van der Waals surface area contributed by atoms with Crippen molar-refractivity contribution >= 4 is 5.91 Å². The molecule has 0 radical (unpaired) electrons. The highest BCUT2D eigenvalue weighted by Crippen LogP contribution is 2.30. The minimum absolute atomic E-state index is 0.0574. The van der Waals surface area contributed by atoms with Crippen LogP contribution in [0.25, 0.3) is 0 Å². The first-order chi connectivity index (χ1) is 9.97. The Morgan fingerprint density at radius 1 is 1.43 bits per heavy atom. The van der Waals surface area contributed by atoms with Crippen LogP contribution in [0.2, 0.25) is 0 Å². The fraction of sp³-hybridized carbons (Fsp3) is 0.588. The number of nitrogens with two attached hydrogens (primary N) is 1. The molecule has 4 heteroatoms. The normalized spacial score (nSPS) is 19.0. The number of aryl methyl sites for hydroxylation is 1. The monoisotopic (exact) mass is 290 g/mol. The van der Waals surface area contributed by atoms with E-state index in [1.165, 1.54) is 11.1 Å². The van der Waals surface area contributed by atoms with Gasteiger partial charge in [-0.1, -0.05) is 19.9 Å². The van der Waals surface area contributed by atoms with Crippen LogP contribution in [0.4, 0.5) is 0 Å². The number of rotatable bonds is 5. The molecule has 3 N–H and O–H groups in total. The Bertz CT molecular complexity index is 500. The highest BCUT2D eigenvalue weighted by atomic mass is 16.5. The second-order valence-corrected chi connectivity index (χ2v) is 6.25. The molecule has 21 heavy (non-hydrogen) atoms. The average molecular weight is 290 g/mol. The number of hydrogen-bond donors (Lipinski definition) is 2. The summed E-state index contributed by atoms with van der Waals surface area (Å²) in [4.78, 5) is 11.8. The molecule has 116 valence electrons. The number of hydrogen-bond acceptors (Lipinski definition) is 3. The van der Waals surface area contributed by atoms with Gasteiger partial charge >= 0.3 is 0 Å². The van der Waals surface area contributed by atoms with Gasteiger partial charge in [-0.2, -0.15) is 0 Å². The van der Waals surface area contributed by atoms with Crippen LogP contribution in [0, 0.1) is 5.92 Å². The summed E-state index contributed by atoms with van der Waals surface area (Å²) < 4.78 is 5.60. The Balaban J connectivity index is 1.90. The molecule has 1 amide bonds. The van der Waals surface area contributed by atoms with Gasteiger partial charge in [0, 0.05) is 12.1 Å². The van der Waals surface area contributed by atoms with Crippen molar-refractivity contribution in [1.29, 1.82) is 0 Å². The molecule has 0 aliphatic heterocycles. The fourth-order valence-corrected chi connectivity index (χ4v) is 2.53. The molecule has 0 fully saturated rings. The van der Waals surface area contributed by atoms with Crippen LogP contribution in [-0.4, -0.2) is 18.6 Å². The number of benzene rings is 1. The lowest BCUT2D eigenvalue weighted by molar-refractivity contribution is -0.124. The highest BCUT2D eigenvalue weighted by Gasteiger charge is 2.17. The van der Waals surface area contributed by atoms with Crippen LogP contribution >= 0.6 is 0 Å². The van der Waals surface area contributed by atoms with Crippen molar-refractivity contribution in [2.24, 2.45) is 11.7 Å². The smallest absolute Gasteiger partial charge is 0.258 e. The summed E-state index contributed by atoms with van der Waals surface area (Å²) in [5.41, 5.74) is 8.56. The number of carbonyl (C=O) groups excluding carboxylic acids is 1. The van der Waals surface area contributed by atoms with Crippen molar-refractivity contribution in [1.82, 2.24) is 5.32 Å². The lowest BCUT2D eigenvalue weighted by Gasteiger charge is -2.23. The third-order valence-corrected chi connectivity index (χ3v) is 4.23. The summed E-state index contributed by atoms with van der Waals surface area (Å²) in [6.07, 6.45) is 3.20. The molecule has 0 aromatic heterocycles. The summed E-state index contributed by atoms with van der Waals surface area (Å²) in [6, 6.07) is 6.25. The molecule has 1 aliphatic rings. The van der Waals surface area contributed by atoms with Gasteiger partial charge in [0.2, 0.25) is 0 Å². The summed E-state index contributed by atoms with van der Waals surface area (Å²) in [5, 5.41) is 2.94. The molecule has 0 saturated heterocycles. The van der Waals surface area contributed by atoms with Crippen LogP contribution in [0.3, 0.4) is 0 Å². The van der Waals surface area contributed by atoms with E-state index in [4.69, 9.17) is 10.5 Å². The molecule has 2 unspecified atom stereocenters. The molecule has 0 heterocycles. The Labute approximate surface area is 127 Å². The van der Waals surface area contributed by atoms with Crippen molar-refractivity contribution in [3.05, 3.63) is 29.3 Å². The maximum atomic E-state index is 11.8. The third kappa shape index (κ3) is 4.21. The van der Waals surface area contributed by atoms with Gasteiger partial charge in [-0.05, 0) is 55.4 Å². The second-order valence-electron chi connectivity index (χ2n) is 6.25. The molecule has 0 saturated carbocycles. The SMILES string of the molecule is CC(C)C(C)NC(=O)COc1ccc2c(c1)CCCC2N. The molecule has 1 aromatic carbocycles. The van der Waals surface area contributed by atoms with Gasteiger partial charge in [-0.25, -0.2) is 0 Å². The maximum absolute atomic E-state index is 11.8. The van der Waals surface area contributed by atoms with Crippen molar-refractivity contribution < 1.29 is 9.53 Å². The van der Waals surface area contributed by atoms with Crippen LogP contribution < -0.4 is 15.8 Å². The predicted octanol–water partition coefficient (Wildman–Crippen LogP) is 2.56. The van der Waals surface area contributed by atoms with Gasteiger partial charge in [0.1, 0.15) is 5.75 Å². The van der Waals surface area contributed by atoms with Crippen molar-refractivity contribution in [3.63, 3.8) is 0 Å². The van der Waals surface area contributed by atoms with Crippen LogP contribution in [0.1, 0.15) is 50.8 Å². The van der Waals surface area contributed by atoms with Crippen molar-refractivity contribution in [2.75, 3.05) is 6.61 Å². The first kappa shape index (κ1) is 15.8. The van der Waals surface area contributed by atoms with Gasteiger partial charge in [0.15, 0.2) is 6.61 Å². The Hall–Kier alpha value is -1.55. The van der Waals surface area contributed by atoms with E-state index in [1.807, 2.05) is 25.1 Å². The fourth-order valence-electron chi connectivity index (χ4n) is 2.53. The minimum Gasteiger partial charge on any atom is -0.484 e. The number of ether oxygens (including phenoxy) is 1. The van der Waals surface area contributed by atoms with E-state index < -0.39 is 0 Å². The first-order valence-electron chi connectivity index (χ1n) is 7.78. The quantitative estimate of drug-likeness (QED) is 0.876. The zero-order chi connectivity index (χ0) is 15.4. The topological polar surface area (TPSA) is 64.3 Å². The highest BCUT2D eigenvalue weighted by molar-refractivity contribution is 5.77. The number of carbonyl (C=O) groups is 1. The zero-order valence-corrected chi connectivity index (χ0v) is 13.2. The van der Waals surface area contributed by atoms with E-state index in [0.717, 1.165) is 25.0 Å². The van der Waals surface area contributed by atoms with E-state index in [0.29, 0.717) is 5.92 Å². The molecule has 4 nitrogen and oxygen atoms in total. The maximum Gasteiger partial charge on any atom is 0.258 e. The molecule has 0 spiro atoms. The summed E-state index contributed by atoms with van der Waals surface area (Å²) in [5.74, 6) is 1.08. The van der Waals surface area contributed by atoms with Crippen molar-refractivity contribution in [3.8, 4) is 5.75 Å². The zero-order valence-electron chi connectivity index (χ0n) is 13.2. The molecule has 1 aliphatic carbocycles. The van der Waals surface area contributed by atoms with E-state index in [2.05, 4.69) is 19.2 Å². The molecule has 2 atom stereocenters. The summed E-state index contributed by atoms with van der Waals surface area (Å²) in [7, 11) is 0. The first-order valence-corrected chi connectivity index (χ1v) is 7.78. The van der Waals surface area contributed by atoms with Crippen LogP contribution in [0.5, 0.6) is 5.75 Å². The van der Waals surface area contributed by atoms with E-state index in [1.54, 1.807) is 0 Å². The minimum atomic E-state index is -0.0781. The molecular formula is C17H26N2O2. The lowest BCUT2D eigenvalue weighted by Crippen LogP contribution is -2.38. The number of nitrogens with one attached hydrogen (secondary N) is 1. The standard InChI is InChI=1S/C17H26N2O2/c1-11(2)12(3)19-17(20)10-21-14-7-8-15-13(9-14)5-4-6-16(15)18/h7-9,11-12,16H,4-6,10,18H2,1-3H3,(H,19,20). The van der Waals surface area contributed by atoms with Gasteiger partial charge in [0.05, 0.1) is 0 Å². The lowest BCUT2D eigenvalue weighted by atomic mass is 9.88. The van der Waals surface area contributed by atoms with Crippen molar-refractivity contribution in [2.45, 2.75) is 52.1 Å². The van der Waals surface area contributed by atoms with Crippen LogP contribution in [0.15, 0.2) is 18.2 Å². The van der Waals surface area contributed by atoms with Gasteiger partial charge in [-0.3, -0.25) is 4.79 Å². The Morgan fingerprint density at radius 3 is 2.90 bits per heavy atom. The molecule has 2 rings (SSSR count). The van der Waals surface area contributed by atoms with Crippen LogP contribution in [-0.2, 0) is 11.2 Å². The number of amides is 1. The second kappa shape index (κ2) is 6.94. The Kier molecular flexibility index (Phi) is 5.23. The van der Waals surface area contributed by atoms with Gasteiger partial charge < -0.3 is 15.8 Å². The van der Waals surface area contributed by atoms with E-state index in [9.17, 15) is 4.79 Å².